The van der Waals surface area contributed by atoms with E-state index in [4.69, 9.17) is 0 Å². The van der Waals surface area contributed by atoms with Crippen molar-refractivity contribution in [3.63, 3.8) is 0 Å². The van der Waals surface area contributed by atoms with Crippen LogP contribution in [0.25, 0.3) is 0 Å². The minimum Gasteiger partial charge on any atom is -0.303 e. The molecule has 2 rings (SSSR count). The van der Waals surface area contributed by atoms with Gasteiger partial charge in [0.15, 0.2) is 0 Å². The molecular weight excluding hydrogens is 264 g/mol. The number of rotatable bonds is 5. The van der Waals surface area contributed by atoms with Crippen LogP contribution in [0.5, 0.6) is 0 Å². The summed E-state index contributed by atoms with van der Waals surface area (Å²) in [5, 5.41) is 0. The van der Waals surface area contributed by atoms with Crippen LogP contribution in [-0.4, -0.2) is 54.8 Å². The van der Waals surface area contributed by atoms with E-state index in [1.165, 1.54) is 65.0 Å². The highest BCUT2D eigenvalue weighted by Crippen LogP contribution is 2.29. The molecule has 0 aromatic rings. The zero-order chi connectivity index (χ0) is 14.6. The Bertz CT molecular complexity index is 273. The average Bonchev–Trinajstić information content (AvgIpc) is 2.89. The van der Waals surface area contributed by atoms with Crippen LogP contribution in [0.1, 0.15) is 46.5 Å². The van der Waals surface area contributed by atoms with Crippen LogP contribution < -0.4 is 0 Å². The lowest BCUT2D eigenvalue weighted by molar-refractivity contribution is 0.113. The van der Waals surface area contributed by atoms with Gasteiger partial charge in [-0.1, -0.05) is 20.8 Å². The maximum atomic E-state index is 4.57. The predicted octanol–water partition coefficient (Wildman–Crippen LogP) is 3.39. The van der Waals surface area contributed by atoms with E-state index in [9.17, 15) is 0 Å². The third-order valence-corrected chi connectivity index (χ3v) is 5.79. The molecule has 2 saturated heterocycles. The van der Waals surface area contributed by atoms with Crippen LogP contribution in [0, 0.1) is 17.3 Å². The molecule has 2 aliphatic heterocycles. The van der Waals surface area contributed by atoms with Crippen molar-refractivity contribution in [2.45, 2.75) is 46.5 Å². The standard InChI is InChI=1S/C17H34N2S/c1-17(2,3)16(14-20)13-19-10-6-15(7-11-19)12-18-8-4-5-9-18/h15-16,20H,4-14H2,1-3H3. The molecule has 0 N–H and O–H groups in total. The summed E-state index contributed by atoms with van der Waals surface area (Å²) in [7, 11) is 0. The van der Waals surface area contributed by atoms with E-state index < -0.39 is 0 Å². The third-order valence-electron chi connectivity index (χ3n) is 5.35. The first-order chi connectivity index (χ1) is 9.49. The highest BCUT2D eigenvalue weighted by molar-refractivity contribution is 7.80. The topological polar surface area (TPSA) is 6.48 Å². The second-order valence-corrected chi connectivity index (χ2v) is 8.36. The number of nitrogens with zero attached hydrogens (tertiary/aromatic N) is 2. The first kappa shape index (κ1) is 16.6. The molecule has 3 heteroatoms. The molecule has 0 saturated carbocycles. The fourth-order valence-electron chi connectivity index (χ4n) is 3.60. The predicted molar refractivity (Wildman–Crippen MR) is 91.6 cm³/mol. The highest BCUT2D eigenvalue weighted by atomic mass is 32.1. The maximum absolute atomic E-state index is 4.57. The van der Waals surface area contributed by atoms with Gasteiger partial charge in [-0.05, 0) is 74.9 Å². The molecule has 0 amide bonds. The summed E-state index contributed by atoms with van der Waals surface area (Å²) in [4.78, 5) is 5.37. The van der Waals surface area contributed by atoms with Crippen molar-refractivity contribution >= 4 is 12.6 Å². The summed E-state index contributed by atoms with van der Waals surface area (Å²) < 4.78 is 0. The van der Waals surface area contributed by atoms with Gasteiger partial charge in [-0.2, -0.15) is 12.6 Å². The first-order valence-corrected chi connectivity index (χ1v) is 9.18. The van der Waals surface area contributed by atoms with Crippen LogP contribution in [0.4, 0.5) is 0 Å². The lowest BCUT2D eigenvalue weighted by Crippen LogP contribution is -2.42. The molecule has 118 valence electrons. The molecule has 2 fully saturated rings. The van der Waals surface area contributed by atoms with E-state index in [0.29, 0.717) is 11.3 Å². The molecular formula is C17H34N2S. The van der Waals surface area contributed by atoms with E-state index in [0.717, 1.165) is 11.7 Å². The van der Waals surface area contributed by atoms with Crippen LogP contribution in [-0.2, 0) is 0 Å². The monoisotopic (exact) mass is 298 g/mol. The summed E-state index contributed by atoms with van der Waals surface area (Å²) in [5.74, 6) is 2.67. The number of hydrogen-bond acceptors (Lipinski definition) is 3. The van der Waals surface area contributed by atoms with Gasteiger partial charge in [0.25, 0.3) is 0 Å². The summed E-state index contributed by atoms with van der Waals surface area (Å²) in [6.45, 7) is 15.0. The Labute approximate surface area is 131 Å². The van der Waals surface area contributed by atoms with E-state index >= 15 is 0 Å². The van der Waals surface area contributed by atoms with Gasteiger partial charge in [0.2, 0.25) is 0 Å². The molecule has 0 radical (unpaired) electrons. The number of thiol groups is 1. The quantitative estimate of drug-likeness (QED) is 0.777. The van der Waals surface area contributed by atoms with E-state index in [2.05, 4.69) is 43.2 Å². The second-order valence-electron chi connectivity index (χ2n) is 8.00. The van der Waals surface area contributed by atoms with Crippen LogP contribution in [0.2, 0.25) is 0 Å². The molecule has 0 bridgehead atoms. The molecule has 1 atom stereocenters. The van der Waals surface area contributed by atoms with Gasteiger partial charge in [0.05, 0.1) is 0 Å². The Morgan fingerprint density at radius 3 is 2.10 bits per heavy atom. The van der Waals surface area contributed by atoms with Gasteiger partial charge in [-0.25, -0.2) is 0 Å². The van der Waals surface area contributed by atoms with Crippen LogP contribution in [0.3, 0.4) is 0 Å². The zero-order valence-electron chi connectivity index (χ0n) is 13.8. The smallest absolute Gasteiger partial charge is 0.00225 e. The fraction of sp³-hybridized carbons (Fsp3) is 1.00. The minimum atomic E-state index is 0.383. The molecule has 1 unspecified atom stereocenters. The molecule has 2 aliphatic rings. The lowest BCUT2D eigenvalue weighted by Gasteiger charge is -2.38. The van der Waals surface area contributed by atoms with E-state index in [1.54, 1.807) is 0 Å². The second kappa shape index (κ2) is 7.51. The van der Waals surface area contributed by atoms with Crippen molar-refractivity contribution in [2.75, 3.05) is 45.0 Å². The molecule has 0 aliphatic carbocycles. The Hall–Kier alpha value is 0.270. The van der Waals surface area contributed by atoms with Gasteiger partial charge in [-0.15, -0.1) is 0 Å². The SMILES string of the molecule is CC(C)(C)C(CS)CN1CCC(CN2CCCC2)CC1. The minimum absolute atomic E-state index is 0.383. The Morgan fingerprint density at radius 1 is 1.00 bits per heavy atom. The molecule has 2 nitrogen and oxygen atoms in total. The molecule has 0 spiro atoms. The summed E-state index contributed by atoms with van der Waals surface area (Å²) >= 11 is 4.57. The number of likely N-dealkylation sites (tertiary alicyclic amines) is 2. The van der Waals surface area contributed by atoms with Crippen molar-refractivity contribution in [3.05, 3.63) is 0 Å². The Morgan fingerprint density at radius 2 is 1.60 bits per heavy atom. The van der Waals surface area contributed by atoms with Crippen molar-refractivity contribution in [1.82, 2.24) is 9.80 Å². The summed E-state index contributed by atoms with van der Waals surface area (Å²) in [5.41, 5.74) is 0.383. The van der Waals surface area contributed by atoms with Crippen molar-refractivity contribution < 1.29 is 0 Å². The molecule has 0 aromatic heterocycles. The lowest BCUT2D eigenvalue weighted by atomic mass is 9.81. The Kier molecular flexibility index (Phi) is 6.25. The van der Waals surface area contributed by atoms with Crippen molar-refractivity contribution in [2.24, 2.45) is 17.3 Å². The summed E-state index contributed by atoms with van der Waals surface area (Å²) in [6.07, 6.45) is 5.65. The normalized spacial score (nSPS) is 25.2. The van der Waals surface area contributed by atoms with Crippen LogP contribution in [0.15, 0.2) is 0 Å². The highest BCUT2D eigenvalue weighted by Gasteiger charge is 2.28. The van der Waals surface area contributed by atoms with Gasteiger partial charge in [0.1, 0.15) is 0 Å². The maximum Gasteiger partial charge on any atom is 0.00225 e. The van der Waals surface area contributed by atoms with Gasteiger partial charge in [-0.3, -0.25) is 0 Å². The van der Waals surface area contributed by atoms with Gasteiger partial charge < -0.3 is 9.80 Å². The van der Waals surface area contributed by atoms with Crippen molar-refractivity contribution in [1.29, 1.82) is 0 Å². The van der Waals surface area contributed by atoms with Crippen molar-refractivity contribution in [3.8, 4) is 0 Å². The van der Waals surface area contributed by atoms with Gasteiger partial charge in [0, 0.05) is 13.1 Å². The molecule has 20 heavy (non-hydrogen) atoms. The first-order valence-electron chi connectivity index (χ1n) is 8.54. The van der Waals surface area contributed by atoms with E-state index in [-0.39, 0.29) is 0 Å². The van der Waals surface area contributed by atoms with Gasteiger partial charge >= 0.3 is 0 Å². The van der Waals surface area contributed by atoms with E-state index in [1.807, 2.05) is 0 Å². The molecule has 2 heterocycles. The summed E-state index contributed by atoms with van der Waals surface area (Å²) in [6, 6.07) is 0. The average molecular weight is 299 g/mol. The third kappa shape index (κ3) is 4.92. The largest absolute Gasteiger partial charge is 0.303 e. The van der Waals surface area contributed by atoms with Crippen LogP contribution >= 0.6 is 12.6 Å². The fourth-order valence-corrected chi connectivity index (χ4v) is 4.26. The molecule has 0 aromatic carbocycles. The number of hydrogen-bond donors (Lipinski definition) is 1. The Balaban J connectivity index is 1.70. The zero-order valence-corrected chi connectivity index (χ0v) is 14.7. The number of piperidine rings is 1.